The standard InChI is InChI=1S/C17H25N.C10H8.C7H13N.C4H8O/c1-5-6-9-12-18-16(4)13-15(3)17-11-8-7-10-14(17)2;1-2-6-10-8-4-3-7-9(10)5-1;1-6(2)7(3)5-8-4;1-3-4(2)5/h7-8,10-11,13,18H,3,5-6,9,12H2,1-2,4H3;1-8H;5H,1-4H3;3H2,1-2H3/b16-13+;;;. The molecule has 0 unspecified atom stereocenters. The van der Waals surface area contributed by atoms with Crippen LogP contribution in [0.25, 0.3) is 16.3 Å². The van der Waals surface area contributed by atoms with Crippen LogP contribution in [0.15, 0.2) is 107 Å². The zero-order valence-corrected chi connectivity index (χ0v) is 27.2. The van der Waals surface area contributed by atoms with Crippen molar-refractivity contribution in [2.45, 2.75) is 81.1 Å². The van der Waals surface area contributed by atoms with Crippen molar-refractivity contribution in [2.24, 2.45) is 4.99 Å². The fraction of sp³-hybridized carbons (Fsp3) is 0.368. The molecule has 41 heavy (non-hydrogen) atoms. The molecule has 0 radical (unpaired) electrons. The molecule has 3 aromatic rings. The van der Waals surface area contributed by atoms with Gasteiger partial charge in [-0.25, -0.2) is 0 Å². The van der Waals surface area contributed by atoms with Crippen LogP contribution in [0.3, 0.4) is 0 Å². The maximum atomic E-state index is 9.81. The molecule has 0 aliphatic rings. The van der Waals surface area contributed by atoms with Gasteiger partial charge >= 0.3 is 0 Å². The quantitative estimate of drug-likeness (QED) is 0.162. The molecule has 0 aliphatic heterocycles. The number of hydrogen-bond donors (Lipinski definition) is 1. The number of rotatable bonds is 9. The summed E-state index contributed by atoms with van der Waals surface area (Å²) in [6, 6.07) is 25.1. The number of carbonyl (C=O) groups excluding carboxylic acids is 1. The number of aliphatic imine (C=N–C) groups is 1. The predicted octanol–water partition coefficient (Wildman–Crippen LogP) is 10.6. The summed E-state index contributed by atoms with van der Waals surface area (Å²) < 4.78 is 0. The molecular formula is C38H54N2O. The second-order valence-electron chi connectivity index (χ2n) is 10.3. The van der Waals surface area contributed by atoms with E-state index in [0.29, 0.717) is 6.42 Å². The van der Waals surface area contributed by atoms with Crippen molar-refractivity contribution in [3.8, 4) is 0 Å². The van der Waals surface area contributed by atoms with E-state index >= 15 is 0 Å². The molecule has 0 aromatic heterocycles. The van der Waals surface area contributed by atoms with Crippen LogP contribution in [0.1, 0.15) is 85.3 Å². The largest absolute Gasteiger partial charge is 0.389 e. The summed E-state index contributed by atoms with van der Waals surface area (Å²) in [4.78, 5) is 13.7. The van der Waals surface area contributed by atoms with Gasteiger partial charge in [0.2, 0.25) is 0 Å². The predicted molar refractivity (Wildman–Crippen MR) is 185 cm³/mol. The molecule has 0 saturated carbocycles. The van der Waals surface area contributed by atoms with Gasteiger partial charge in [-0.3, -0.25) is 4.99 Å². The number of unbranched alkanes of at least 4 members (excludes halogenated alkanes) is 2. The Morgan fingerprint density at radius 3 is 1.71 bits per heavy atom. The minimum Gasteiger partial charge on any atom is -0.389 e. The lowest BCUT2D eigenvalue weighted by atomic mass is 10.0. The summed E-state index contributed by atoms with van der Waals surface area (Å²) in [5.41, 5.74) is 7.36. The highest BCUT2D eigenvalue weighted by molar-refractivity contribution is 5.82. The van der Waals surface area contributed by atoms with Crippen LogP contribution in [0.4, 0.5) is 0 Å². The molecular weight excluding hydrogens is 500 g/mol. The second kappa shape index (κ2) is 23.0. The normalized spacial score (nSPS) is 10.3. The van der Waals surface area contributed by atoms with Gasteiger partial charge in [0.1, 0.15) is 5.78 Å². The number of nitrogens with zero attached hydrogens (tertiary/aromatic N) is 1. The number of benzene rings is 3. The van der Waals surface area contributed by atoms with Gasteiger partial charge in [-0.1, -0.05) is 112 Å². The zero-order valence-electron chi connectivity index (χ0n) is 27.2. The molecule has 0 spiro atoms. The molecule has 0 atom stereocenters. The Balaban J connectivity index is 0.000000584. The van der Waals surface area contributed by atoms with Crippen molar-refractivity contribution in [1.82, 2.24) is 5.32 Å². The van der Waals surface area contributed by atoms with E-state index in [4.69, 9.17) is 0 Å². The number of carbonyl (C=O) groups is 1. The maximum Gasteiger partial charge on any atom is 0.129 e. The summed E-state index contributed by atoms with van der Waals surface area (Å²) in [5.74, 6) is 0.255. The first kappa shape index (κ1) is 37.3. The first-order valence-corrected chi connectivity index (χ1v) is 14.7. The van der Waals surface area contributed by atoms with E-state index in [0.717, 1.165) is 12.1 Å². The molecule has 3 rings (SSSR count). The highest BCUT2D eigenvalue weighted by atomic mass is 16.1. The van der Waals surface area contributed by atoms with E-state index in [9.17, 15) is 4.79 Å². The van der Waals surface area contributed by atoms with Gasteiger partial charge in [0, 0.05) is 31.9 Å². The molecule has 222 valence electrons. The summed E-state index contributed by atoms with van der Waals surface area (Å²) in [6.07, 6.45) is 8.46. The van der Waals surface area contributed by atoms with E-state index in [1.54, 1.807) is 14.0 Å². The Morgan fingerprint density at radius 1 is 0.829 bits per heavy atom. The van der Waals surface area contributed by atoms with Crippen molar-refractivity contribution >= 4 is 28.3 Å². The van der Waals surface area contributed by atoms with Crippen molar-refractivity contribution in [1.29, 1.82) is 0 Å². The van der Waals surface area contributed by atoms with E-state index in [1.165, 1.54) is 58.0 Å². The van der Waals surface area contributed by atoms with Gasteiger partial charge in [-0.15, -0.1) is 0 Å². The van der Waals surface area contributed by atoms with Crippen LogP contribution in [0, 0.1) is 6.92 Å². The van der Waals surface area contributed by atoms with Crippen LogP contribution in [-0.4, -0.2) is 25.6 Å². The molecule has 0 aliphatic carbocycles. The average molecular weight is 555 g/mol. The lowest BCUT2D eigenvalue weighted by molar-refractivity contribution is -0.116. The molecule has 0 fully saturated rings. The van der Waals surface area contributed by atoms with Crippen LogP contribution in [-0.2, 0) is 4.79 Å². The highest BCUT2D eigenvalue weighted by Crippen LogP contribution is 2.18. The Bertz CT molecular complexity index is 1190. The molecule has 0 heterocycles. The summed E-state index contributed by atoms with van der Waals surface area (Å²) >= 11 is 0. The second-order valence-corrected chi connectivity index (χ2v) is 10.3. The molecule has 0 saturated heterocycles. The lowest BCUT2D eigenvalue weighted by Gasteiger charge is -2.09. The lowest BCUT2D eigenvalue weighted by Crippen LogP contribution is -2.12. The summed E-state index contributed by atoms with van der Waals surface area (Å²) in [6.45, 7) is 21.3. The van der Waals surface area contributed by atoms with Gasteiger partial charge in [-0.2, -0.15) is 0 Å². The molecule has 3 heteroatoms. The minimum atomic E-state index is 0.255. The summed E-state index contributed by atoms with van der Waals surface area (Å²) in [7, 11) is 1.78. The van der Waals surface area contributed by atoms with Gasteiger partial charge in [0.15, 0.2) is 0 Å². The van der Waals surface area contributed by atoms with E-state index in [-0.39, 0.29) is 5.78 Å². The molecule has 0 bridgehead atoms. The number of fused-ring (bicyclic) bond motifs is 1. The number of nitrogens with one attached hydrogen (secondary N) is 1. The minimum absolute atomic E-state index is 0.255. The smallest absolute Gasteiger partial charge is 0.129 e. The van der Waals surface area contributed by atoms with Crippen molar-refractivity contribution < 1.29 is 4.79 Å². The zero-order chi connectivity index (χ0) is 31.0. The molecule has 1 N–H and O–H groups in total. The Kier molecular flexibility index (Phi) is 20.9. The third-order valence-corrected chi connectivity index (χ3v) is 6.33. The van der Waals surface area contributed by atoms with Crippen LogP contribution in [0.5, 0.6) is 0 Å². The van der Waals surface area contributed by atoms with E-state index < -0.39 is 0 Å². The molecule has 3 nitrogen and oxygen atoms in total. The first-order chi connectivity index (χ1) is 19.6. The first-order valence-electron chi connectivity index (χ1n) is 14.7. The van der Waals surface area contributed by atoms with Crippen LogP contribution >= 0.6 is 0 Å². The number of hydrogen-bond acceptors (Lipinski definition) is 3. The Morgan fingerprint density at radius 2 is 1.32 bits per heavy atom. The third kappa shape index (κ3) is 18.3. The number of Topliss-reactive ketones (excluding diaryl/α,β-unsaturated/α-hetero) is 1. The highest BCUT2D eigenvalue weighted by Gasteiger charge is 2.00. The Hall–Kier alpha value is -3.72. The number of allylic oxidation sites excluding steroid dienone is 5. The topological polar surface area (TPSA) is 41.5 Å². The van der Waals surface area contributed by atoms with Gasteiger partial charge in [0.25, 0.3) is 0 Å². The molecule has 0 amide bonds. The van der Waals surface area contributed by atoms with Crippen LogP contribution in [0.2, 0.25) is 0 Å². The van der Waals surface area contributed by atoms with Gasteiger partial charge in [-0.05, 0) is 87.1 Å². The maximum absolute atomic E-state index is 9.81. The fourth-order valence-corrected chi connectivity index (χ4v) is 3.44. The van der Waals surface area contributed by atoms with Crippen molar-refractivity contribution in [3.63, 3.8) is 0 Å². The fourth-order valence-electron chi connectivity index (χ4n) is 3.44. The van der Waals surface area contributed by atoms with Crippen LogP contribution < -0.4 is 5.32 Å². The molecule has 3 aromatic carbocycles. The average Bonchev–Trinajstić information content (AvgIpc) is 2.96. The van der Waals surface area contributed by atoms with Crippen molar-refractivity contribution in [3.05, 3.63) is 113 Å². The van der Waals surface area contributed by atoms with Crippen molar-refractivity contribution in [2.75, 3.05) is 13.6 Å². The third-order valence-electron chi connectivity index (χ3n) is 6.33. The number of ketones is 1. The van der Waals surface area contributed by atoms with E-state index in [1.807, 2.05) is 13.1 Å². The SMILES string of the molecule is C=C(/C=C(\C)NCCCCC)c1ccccc1C.CCC(C)=O.CN=CC(C)=C(C)C.c1ccc2ccccc2c1. The monoisotopic (exact) mass is 554 g/mol. The number of aryl methyl sites for hydroxylation is 1. The van der Waals surface area contributed by atoms with E-state index in [2.05, 4.69) is 137 Å². The van der Waals surface area contributed by atoms with Gasteiger partial charge in [0.05, 0.1) is 0 Å². The van der Waals surface area contributed by atoms with Gasteiger partial charge < -0.3 is 10.1 Å². The summed E-state index contributed by atoms with van der Waals surface area (Å²) in [5, 5.41) is 6.06. The Labute approximate surface area is 251 Å².